The van der Waals surface area contributed by atoms with Crippen LogP contribution >= 0.6 is 0 Å². The second-order valence-corrected chi connectivity index (χ2v) is 3.16. The minimum Gasteiger partial charge on any atom is -0.396 e. The standard InChI is InChI=1S/C9H18O3/c1-2-3-4-5-9(6-10,7-11)8-12/h2,10-12H,1,3-8H2. The summed E-state index contributed by atoms with van der Waals surface area (Å²) in [6.45, 7) is 3.06. The summed E-state index contributed by atoms with van der Waals surface area (Å²) in [7, 11) is 0. The van der Waals surface area contributed by atoms with Crippen LogP contribution in [0.25, 0.3) is 0 Å². The average molecular weight is 174 g/mol. The van der Waals surface area contributed by atoms with Crippen molar-refractivity contribution in [1.82, 2.24) is 0 Å². The first-order valence-corrected chi connectivity index (χ1v) is 4.18. The molecule has 12 heavy (non-hydrogen) atoms. The van der Waals surface area contributed by atoms with E-state index in [0.717, 1.165) is 12.8 Å². The largest absolute Gasteiger partial charge is 0.396 e. The van der Waals surface area contributed by atoms with E-state index in [1.54, 1.807) is 6.08 Å². The lowest BCUT2D eigenvalue weighted by molar-refractivity contribution is -0.00168. The van der Waals surface area contributed by atoms with Crippen LogP contribution in [0.3, 0.4) is 0 Å². The van der Waals surface area contributed by atoms with Gasteiger partial charge < -0.3 is 15.3 Å². The zero-order chi connectivity index (χ0) is 9.45. The molecule has 0 saturated carbocycles. The Morgan fingerprint density at radius 1 is 1.08 bits per heavy atom. The molecule has 0 saturated heterocycles. The Morgan fingerprint density at radius 2 is 1.58 bits per heavy atom. The SMILES string of the molecule is C=CCCCC(CO)(CO)CO. The third-order valence-electron chi connectivity index (χ3n) is 2.12. The molecule has 0 aliphatic heterocycles. The first-order chi connectivity index (χ1) is 5.74. The van der Waals surface area contributed by atoms with Gasteiger partial charge in [-0.3, -0.25) is 0 Å². The Morgan fingerprint density at radius 3 is 1.92 bits per heavy atom. The van der Waals surface area contributed by atoms with Crippen molar-refractivity contribution >= 4 is 0 Å². The molecule has 0 radical (unpaired) electrons. The van der Waals surface area contributed by atoms with E-state index >= 15 is 0 Å². The number of rotatable bonds is 7. The monoisotopic (exact) mass is 174 g/mol. The number of hydrogen-bond acceptors (Lipinski definition) is 3. The summed E-state index contributed by atoms with van der Waals surface area (Å²) in [5.41, 5.74) is -0.705. The molecule has 0 aromatic heterocycles. The molecule has 0 aliphatic rings. The second kappa shape index (κ2) is 6.17. The summed E-state index contributed by atoms with van der Waals surface area (Å²) in [6.07, 6.45) is 4.10. The van der Waals surface area contributed by atoms with Gasteiger partial charge in [0.2, 0.25) is 0 Å². The van der Waals surface area contributed by atoms with E-state index in [2.05, 4.69) is 6.58 Å². The number of unbranched alkanes of at least 4 members (excludes halogenated alkanes) is 1. The third kappa shape index (κ3) is 3.34. The highest BCUT2D eigenvalue weighted by Crippen LogP contribution is 2.22. The summed E-state index contributed by atoms with van der Waals surface area (Å²) in [5.74, 6) is 0. The molecule has 3 nitrogen and oxygen atoms in total. The third-order valence-corrected chi connectivity index (χ3v) is 2.12. The zero-order valence-corrected chi connectivity index (χ0v) is 7.37. The fourth-order valence-corrected chi connectivity index (χ4v) is 1.01. The van der Waals surface area contributed by atoms with Crippen molar-refractivity contribution in [2.45, 2.75) is 19.3 Å². The Bertz CT molecular complexity index is 111. The van der Waals surface area contributed by atoms with E-state index in [9.17, 15) is 0 Å². The van der Waals surface area contributed by atoms with Crippen LogP contribution in [0.15, 0.2) is 12.7 Å². The number of hydrogen-bond donors (Lipinski definition) is 3. The molecule has 0 unspecified atom stereocenters. The Balaban J connectivity index is 3.84. The molecule has 0 heterocycles. The molecule has 3 N–H and O–H groups in total. The van der Waals surface area contributed by atoms with Gasteiger partial charge in [-0.05, 0) is 19.3 Å². The lowest BCUT2D eigenvalue weighted by Gasteiger charge is -2.26. The quantitative estimate of drug-likeness (QED) is 0.384. The van der Waals surface area contributed by atoms with Crippen LogP contribution in [0.2, 0.25) is 0 Å². The van der Waals surface area contributed by atoms with Gasteiger partial charge in [-0.25, -0.2) is 0 Å². The summed E-state index contributed by atoms with van der Waals surface area (Å²) in [5, 5.41) is 26.8. The van der Waals surface area contributed by atoms with Gasteiger partial charge in [0.1, 0.15) is 0 Å². The topological polar surface area (TPSA) is 60.7 Å². The maximum atomic E-state index is 8.93. The van der Waals surface area contributed by atoms with Gasteiger partial charge in [-0.1, -0.05) is 6.08 Å². The molecule has 0 fully saturated rings. The number of allylic oxidation sites excluding steroid dienone is 1. The lowest BCUT2D eigenvalue weighted by atomic mass is 9.85. The van der Waals surface area contributed by atoms with Crippen LogP contribution < -0.4 is 0 Å². The predicted octanol–water partition coefficient (Wildman–Crippen LogP) is 0.306. The van der Waals surface area contributed by atoms with Crippen molar-refractivity contribution < 1.29 is 15.3 Å². The van der Waals surface area contributed by atoms with Crippen LogP contribution in [-0.4, -0.2) is 35.1 Å². The highest BCUT2D eigenvalue weighted by molar-refractivity contribution is 4.78. The van der Waals surface area contributed by atoms with Gasteiger partial charge in [-0.15, -0.1) is 6.58 Å². The van der Waals surface area contributed by atoms with Gasteiger partial charge >= 0.3 is 0 Å². The van der Waals surface area contributed by atoms with Gasteiger partial charge in [0.15, 0.2) is 0 Å². The minimum atomic E-state index is -0.705. The molecule has 0 aromatic carbocycles. The van der Waals surface area contributed by atoms with Crippen LogP contribution in [0.4, 0.5) is 0 Å². The highest BCUT2D eigenvalue weighted by Gasteiger charge is 2.26. The van der Waals surface area contributed by atoms with Crippen molar-refractivity contribution in [3.8, 4) is 0 Å². The molecular weight excluding hydrogens is 156 g/mol. The first-order valence-electron chi connectivity index (χ1n) is 4.18. The number of aliphatic hydroxyl groups is 3. The second-order valence-electron chi connectivity index (χ2n) is 3.16. The first kappa shape index (κ1) is 11.6. The summed E-state index contributed by atoms with van der Waals surface area (Å²) < 4.78 is 0. The molecular formula is C9H18O3. The van der Waals surface area contributed by atoms with Gasteiger partial charge in [0.25, 0.3) is 0 Å². The van der Waals surface area contributed by atoms with E-state index in [4.69, 9.17) is 15.3 Å². The molecule has 0 aromatic rings. The minimum absolute atomic E-state index is 0.170. The maximum absolute atomic E-state index is 8.93. The molecule has 0 bridgehead atoms. The van der Waals surface area contributed by atoms with Gasteiger partial charge in [-0.2, -0.15) is 0 Å². The lowest BCUT2D eigenvalue weighted by Crippen LogP contribution is -2.33. The van der Waals surface area contributed by atoms with Crippen molar-refractivity contribution in [2.75, 3.05) is 19.8 Å². The van der Waals surface area contributed by atoms with Crippen LogP contribution in [0.1, 0.15) is 19.3 Å². The number of aliphatic hydroxyl groups excluding tert-OH is 3. The highest BCUT2D eigenvalue weighted by atomic mass is 16.3. The Labute approximate surface area is 73.4 Å². The van der Waals surface area contributed by atoms with E-state index in [0.29, 0.717) is 6.42 Å². The normalized spacial score (nSPS) is 11.6. The smallest absolute Gasteiger partial charge is 0.0531 e. The van der Waals surface area contributed by atoms with E-state index < -0.39 is 5.41 Å². The van der Waals surface area contributed by atoms with Crippen molar-refractivity contribution in [1.29, 1.82) is 0 Å². The van der Waals surface area contributed by atoms with Crippen LogP contribution in [-0.2, 0) is 0 Å². The van der Waals surface area contributed by atoms with E-state index in [-0.39, 0.29) is 19.8 Å². The molecule has 0 spiro atoms. The van der Waals surface area contributed by atoms with Gasteiger partial charge in [0.05, 0.1) is 19.8 Å². The van der Waals surface area contributed by atoms with E-state index in [1.165, 1.54) is 0 Å². The van der Waals surface area contributed by atoms with Crippen molar-refractivity contribution in [3.05, 3.63) is 12.7 Å². The molecule has 3 heteroatoms. The van der Waals surface area contributed by atoms with Gasteiger partial charge in [0, 0.05) is 5.41 Å². The summed E-state index contributed by atoms with van der Waals surface area (Å²) in [6, 6.07) is 0. The molecule has 72 valence electrons. The summed E-state index contributed by atoms with van der Waals surface area (Å²) in [4.78, 5) is 0. The molecule has 0 atom stereocenters. The predicted molar refractivity (Wildman–Crippen MR) is 47.7 cm³/mol. The van der Waals surface area contributed by atoms with Crippen molar-refractivity contribution in [3.63, 3.8) is 0 Å². The molecule has 0 amide bonds. The Kier molecular flexibility index (Phi) is 5.98. The fourth-order valence-electron chi connectivity index (χ4n) is 1.01. The zero-order valence-electron chi connectivity index (χ0n) is 7.37. The van der Waals surface area contributed by atoms with E-state index in [1.807, 2.05) is 0 Å². The van der Waals surface area contributed by atoms with Crippen LogP contribution in [0.5, 0.6) is 0 Å². The van der Waals surface area contributed by atoms with Crippen molar-refractivity contribution in [2.24, 2.45) is 5.41 Å². The fraction of sp³-hybridized carbons (Fsp3) is 0.778. The maximum Gasteiger partial charge on any atom is 0.0531 e. The summed E-state index contributed by atoms with van der Waals surface area (Å²) >= 11 is 0. The van der Waals surface area contributed by atoms with Crippen LogP contribution in [0, 0.1) is 5.41 Å². The average Bonchev–Trinajstić information content (AvgIpc) is 2.14. The molecule has 0 aliphatic carbocycles. The Hall–Kier alpha value is -0.380. The molecule has 0 rings (SSSR count).